The van der Waals surface area contributed by atoms with Gasteiger partial charge in [-0.1, -0.05) is 0 Å². The molecule has 0 amide bonds. The summed E-state index contributed by atoms with van der Waals surface area (Å²) in [6.45, 7) is 0. The van der Waals surface area contributed by atoms with Gasteiger partial charge in [-0.3, -0.25) is 0 Å². The number of nitrogens with zero attached hydrogens (tertiary/aromatic N) is 6. The highest BCUT2D eigenvalue weighted by atomic mass is 35.5. The Balaban J connectivity index is -0.000000192. The molecule has 0 N–H and O–H groups in total. The van der Waals surface area contributed by atoms with Crippen molar-refractivity contribution in [1.29, 1.82) is 31.6 Å². The third-order valence-electron chi connectivity index (χ3n) is 3.24. The van der Waals surface area contributed by atoms with Crippen LogP contribution in [0.2, 0.25) is 0 Å². The van der Waals surface area contributed by atoms with E-state index in [2.05, 4.69) is 36.4 Å². The maximum Gasteiger partial charge on any atom is 0.0625 e. The maximum atomic E-state index is 8.40. The molecule has 0 spiro atoms. The molecule has 0 aromatic carbocycles. The fourth-order valence-corrected chi connectivity index (χ4v) is 5.76. The number of hydrogen-bond acceptors (Lipinski definition) is 6. The van der Waals surface area contributed by atoms with Crippen LogP contribution in [0.25, 0.3) is 0 Å². The molecule has 0 aliphatic heterocycles. The van der Waals surface area contributed by atoms with Gasteiger partial charge in [0.1, 0.15) is 0 Å². The zero-order valence-corrected chi connectivity index (χ0v) is 19.3. The second-order valence-electron chi connectivity index (χ2n) is 5.13. The lowest BCUT2D eigenvalue weighted by atomic mass is 10.5. The van der Waals surface area contributed by atoms with E-state index in [1.54, 1.807) is 0 Å². The Morgan fingerprint density at radius 2 is 0.500 bits per heavy atom. The van der Waals surface area contributed by atoms with E-state index < -0.39 is 0 Å². The van der Waals surface area contributed by atoms with Crippen LogP contribution < -0.4 is 0 Å². The third-order valence-corrected chi connectivity index (χ3v) is 8.38. The molecular formula is C18H26Cl2N6P2. The lowest BCUT2D eigenvalue weighted by molar-refractivity contribution is 1.14. The Bertz CT molecular complexity index is 465. The molecule has 0 unspecified atom stereocenters. The van der Waals surface area contributed by atoms with Crippen molar-refractivity contribution in [3.05, 3.63) is 0 Å². The van der Waals surface area contributed by atoms with Crippen LogP contribution in [0.1, 0.15) is 38.5 Å². The minimum absolute atomic E-state index is 0. The standard InChI is InChI=1S/2C9H12N3P.2ClH/c2*10-4-1-7-13(8-2-5-11)9-3-6-12;;/h2*1-3,7-9H2;2*1H. The van der Waals surface area contributed by atoms with Gasteiger partial charge >= 0.3 is 0 Å². The largest absolute Gasteiger partial charge is 0.198 e. The summed E-state index contributed by atoms with van der Waals surface area (Å²) in [5, 5.41) is 50.4. The third kappa shape index (κ3) is 26.6. The fourth-order valence-electron chi connectivity index (χ4n) is 1.92. The van der Waals surface area contributed by atoms with E-state index in [9.17, 15) is 0 Å². The topological polar surface area (TPSA) is 143 Å². The Morgan fingerprint density at radius 1 is 0.357 bits per heavy atom. The van der Waals surface area contributed by atoms with Gasteiger partial charge in [0.25, 0.3) is 0 Å². The molecule has 0 fully saturated rings. The molecule has 0 bridgehead atoms. The molecule has 0 rings (SSSR count). The van der Waals surface area contributed by atoms with Crippen LogP contribution in [-0.2, 0) is 0 Å². The van der Waals surface area contributed by atoms with Crippen molar-refractivity contribution < 1.29 is 0 Å². The smallest absolute Gasteiger partial charge is 0.0625 e. The predicted octanol–water partition coefficient (Wildman–Crippen LogP) is 5.26. The fraction of sp³-hybridized carbons (Fsp3) is 0.667. The lowest BCUT2D eigenvalue weighted by Gasteiger charge is -2.11. The summed E-state index contributed by atoms with van der Waals surface area (Å²) >= 11 is 0. The molecular weight excluding hydrogens is 433 g/mol. The van der Waals surface area contributed by atoms with Crippen molar-refractivity contribution in [2.24, 2.45) is 0 Å². The molecule has 0 aromatic rings. The van der Waals surface area contributed by atoms with Crippen LogP contribution in [0.3, 0.4) is 0 Å². The average Bonchev–Trinajstić information content (AvgIpc) is 2.67. The Hall–Kier alpha value is -1.62. The molecule has 0 aromatic heterocycles. The zero-order chi connectivity index (χ0) is 19.9. The number of halogens is 2. The highest BCUT2D eigenvalue weighted by molar-refractivity contribution is 7.57. The van der Waals surface area contributed by atoms with E-state index in [1.165, 1.54) is 0 Å². The Kier molecular flexibility index (Phi) is 36.5. The van der Waals surface area contributed by atoms with E-state index in [0.717, 1.165) is 37.0 Å². The van der Waals surface area contributed by atoms with Gasteiger partial charge in [-0.2, -0.15) is 31.6 Å². The summed E-state index contributed by atoms with van der Waals surface area (Å²) in [6.07, 6.45) is 8.65. The molecule has 0 radical (unpaired) electrons. The van der Waals surface area contributed by atoms with Crippen LogP contribution in [0.15, 0.2) is 0 Å². The van der Waals surface area contributed by atoms with Crippen molar-refractivity contribution in [3.8, 4) is 36.4 Å². The van der Waals surface area contributed by atoms with Crippen LogP contribution in [-0.4, -0.2) is 37.0 Å². The molecule has 0 aliphatic carbocycles. The highest BCUT2D eigenvalue weighted by Crippen LogP contribution is 2.37. The second-order valence-corrected chi connectivity index (χ2v) is 10.5. The minimum atomic E-state index is -0.246. The first-order valence-electron chi connectivity index (χ1n) is 8.36. The van der Waals surface area contributed by atoms with Gasteiger partial charge in [-0.25, -0.2) is 0 Å². The SMILES string of the molecule is Cl.Cl.N#CCCP(CCC#N)CCC#N.N#CCCP(CCC#N)CCC#N. The first-order chi connectivity index (χ1) is 12.7. The van der Waals surface area contributed by atoms with Crippen molar-refractivity contribution in [1.82, 2.24) is 0 Å². The molecule has 0 saturated heterocycles. The zero-order valence-electron chi connectivity index (χ0n) is 15.9. The summed E-state index contributed by atoms with van der Waals surface area (Å²) in [7, 11) is -0.492. The van der Waals surface area contributed by atoms with Gasteiger partial charge < -0.3 is 0 Å². The minimum Gasteiger partial charge on any atom is -0.198 e. The van der Waals surface area contributed by atoms with Gasteiger partial charge in [-0.05, 0) is 37.0 Å². The van der Waals surface area contributed by atoms with Gasteiger partial charge in [-0.15, -0.1) is 40.7 Å². The molecule has 152 valence electrons. The van der Waals surface area contributed by atoms with Crippen LogP contribution in [0.4, 0.5) is 0 Å². The van der Waals surface area contributed by atoms with E-state index in [0.29, 0.717) is 38.5 Å². The summed E-state index contributed by atoms with van der Waals surface area (Å²) in [4.78, 5) is 0. The first-order valence-corrected chi connectivity index (χ1v) is 12.2. The summed E-state index contributed by atoms with van der Waals surface area (Å²) < 4.78 is 0. The molecule has 10 heteroatoms. The summed E-state index contributed by atoms with van der Waals surface area (Å²) in [5.74, 6) is 0. The van der Waals surface area contributed by atoms with Crippen molar-refractivity contribution >= 4 is 40.7 Å². The Morgan fingerprint density at radius 3 is 0.607 bits per heavy atom. The van der Waals surface area contributed by atoms with E-state index in [4.69, 9.17) is 31.6 Å². The van der Waals surface area contributed by atoms with Gasteiger partial charge in [0.05, 0.1) is 36.4 Å². The predicted molar refractivity (Wildman–Crippen MR) is 119 cm³/mol. The molecule has 28 heavy (non-hydrogen) atoms. The molecule has 6 nitrogen and oxygen atoms in total. The number of nitriles is 6. The molecule has 0 aliphatic rings. The number of rotatable bonds is 12. The van der Waals surface area contributed by atoms with Crippen LogP contribution in [0, 0.1) is 68.0 Å². The van der Waals surface area contributed by atoms with E-state index in [1.807, 2.05) is 0 Å². The normalized spacial score (nSPS) is 8.14. The molecule has 0 atom stereocenters. The van der Waals surface area contributed by atoms with E-state index in [-0.39, 0.29) is 40.7 Å². The summed E-state index contributed by atoms with van der Waals surface area (Å²) in [5.41, 5.74) is 0. The van der Waals surface area contributed by atoms with Crippen LogP contribution >= 0.6 is 40.7 Å². The first kappa shape index (κ1) is 33.9. The lowest BCUT2D eigenvalue weighted by Crippen LogP contribution is -1.94. The van der Waals surface area contributed by atoms with Crippen LogP contribution in [0.5, 0.6) is 0 Å². The quantitative estimate of drug-likeness (QED) is 0.364. The number of hydrogen-bond donors (Lipinski definition) is 0. The summed E-state index contributed by atoms with van der Waals surface area (Å²) in [6, 6.07) is 12.6. The van der Waals surface area contributed by atoms with Gasteiger partial charge in [0.2, 0.25) is 0 Å². The monoisotopic (exact) mass is 458 g/mol. The van der Waals surface area contributed by atoms with Crippen molar-refractivity contribution in [2.75, 3.05) is 37.0 Å². The highest BCUT2D eigenvalue weighted by Gasteiger charge is 2.07. The Labute approximate surface area is 184 Å². The van der Waals surface area contributed by atoms with E-state index >= 15 is 0 Å². The van der Waals surface area contributed by atoms with Crippen molar-refractivity contribution in [2.45, 2.75) is 38.5 Å². The van der Waals surface area contributed by atoms with Gasteiger partial charge in [0.15, 0.2) is 0 Å². The van der Waals surface area contributed by atoms with Crippen molar-refractivity contribution in [3.63, 3.8) is 0 Å². The second kappa shape index (κ2) is 30.1. The molecule has 0 heterocycles. The molecule has 0 saturated carbocycles. The average molecular weight is 459 g/mol. The maximum absolute atomic E-state index is 8.40. The van der Waals surface area contributed by atoms with Gasteiger partial charge in [0, 0.05) is 38.5 Å².